The van der Waals surface area contributed by atoms with E-state index in [-0.39, 0.29) is 35.3 Å². The molecule has 2 unspecified atom stereocenters. The van der Waals surface area contributed by atoms with Crippen molar-refractivity contribution >= 4 is 34.0 Å². The van der Waals surface area contributed by atoms with E-state index in [1.54, 1.807) is 0 Å². The maximum atomic E-state index is 13.2. The third kappa shape index (κ3) is 4.61. The highest BCUT2D eigenvalue weighted by Crippen LogP contribution is 2.40. The summed E-state index contributed by atoms with van der Waals surface area (Å²) in [5.41, 5.74) is 6.57. The minimum absolute atomic E-state index is 0. The van der Waals surface area contributed by atoms with E-state index in [0.717, 1.165) is 32.1 Å². The van der Waals surface area contributed by atoms with Crippen LogP contribution >= 0.6 is 24.0 Å². The first kappa shape index (κ1) is 19.9. The van der Waals surface area contributed by atoms with Gasteiger partial charge in [-0.3, -0.25) is 0 Å². The van der Waals surface area contributed by atoms with E-state index in [4.69, 9.17) is 17.3 Å². The zero-order valence-corrected chi connectivity index (χ0v) is 15.6. The monoisotopic (exact) mass is 396 g/mol. The van der Waals surface area contributed by atoms with Gasteiger partial charge in [0.15, 0.2) is 0 Å². The molecule has 0 saturated heterocycles. The number of hydrogen-bond donors (Lipinski definition) is 2. The van der Waals surface area contributed by atoms with Gasteiger partial charge >= 0.3 is 0 Å². The molecule has 2 bridgehead atoms. The number of halogens is 3. The number of fused-ring (bicyclic) bond motifs is 2. The normalized spacial score (nSPS) is 29.8. The third-order valence-electron chi connectivity index (χ3n) is 5.03. The van der Waals surface area contributed by atoms with Gasteiger partial charge in [-0.15, -0.1) is 12.4 Å². The molecule has 4 nitrogen and oxygen atoms in total. The van der Waals surface area contributed by atoms with E-state index < -0.39 is 15.8 Å². The second-order valence-electron chi connectivity index (χ2n) is 6.83. The summed E-state index contributed by atoms with van der Waals surface area (Å²) in [6.45, 7) is 0. The number of rotatable bonds is 4. The van der Waals surface area contributed by atoms with Crippen molar-refractivity contribution < 1.29 is 12.8 Å². The van der Waals surface area contributed by atoms with Crippen molar-refractivity contribution in [3.8, 4) is 0 Å². The molecule has 8 heteroatoms. The Labute approximate surface area is 153 Å². The molecule has 3 N–H and O–H groups in total. The third-order valence-corrected chi connectivity index (χ3v) is 6.67. The maximum absolute atomic E-state index is 13.2. The van der Waals surface area contributed by atoms with Crippen molar-refractivity contribution in [1.29, 1.82) is 0 Å². The molecule has 2 saturated carbocycles. The topological polar surface area (TPSA) is 72.2 Å². The molecule has 0 heterocycles. The van der Waals surface area contributed by atoms with E-state index >= 15 is 0 Å². The van der Waals surface area contributed by atoms with Crippen LogP contribution in [-0.2, 0) is 15.8 Å². The van der Waals surface area contributed by atoms with Crippen LogP contribution in [0, 0.1) is 17.7 Å². The molecule has 0 amide bonds. The summed E-state index contributed by atoms with van der Waals surface area (Å²) in [4.78, 5) is 0. The van der Waals surface area contributed by atoms with Crippen molar-refractivity contribution in [1.82, 2.24) is 4.72 Å². The van der Waals surface area contributed by atoms with Crippen molar-refractivity contribution in [2.24, 2.45) is 17.6 Å². The van der Waals surface area contributed by atoms with Gasteiger partial charge in [-0.25, -0.2) is 17.5 Å². The van der Waals surface area contributed by atoms with Crippen LogP contribution in [0.2, 0.25) is 5.02 Å². The Morgan fingerprint density at radius 1 is 1.25 bits per heavy atom. The van der Waals surface area contributed by atoms with Crippen molar-refractivity contribution in [3.63, 3.8) is 0 Å². The van der Waals surface area contributed by atoms with Crippen molar-refractivity contribution in [2.75, 3.05) is 0 Å². The summed E-state index contributed by atoms with van der Waals surface area (Å²) in [5, 5.41) is -0.0572. The summed E-state index contributed by atoms with van der Waals surface area (Å²) in [5.74, 6) is -0.0839. The van der Waals surface area contributed by atoms with E-state index in [2.05, 4.69) is 4.72 Å². The molecule has 0 radical (unpaired) electrons. The molecule has 2 aliphatic carbocycles. The maximum Gasteiger partial charge on any atom is 0.216 e. The van der Waals surface area contributed by atoms with Crippen LogP contribution in [0.4, 0.5) is 4.39 Å². The molecule has 1 aromatic carbocycles. The average Bonchev–Trinajstić information content (AvgIpc) is 2.43. The summed E-state index contributed by atoms with van der Waals surface area (Å²) in [6.07, 6.45) is 4.96. The second kappa shape index (κ2) is 7.87. The molecule has 2 aliphatic rings. The van der Waals surface area contributed by atoms with Crippen molar-refractivity contribution in [3.05, 3.63) is 34.6 Å². The van der Waals surface area contributed by atoms with Crippen LogP contribution in [0.25, 0.3) is 0 Å². The lowest BCUT2D eigenvalue weighted by Crippen LogP contribution is -2.53. The zero-order chi connectivity index (χ0) is 16.6. The van der Waals surface area contributed by atoms with Gasteiger partial charge in [0.25, 0.3) is 0 Å². The number of sulfonamides is 1. The lowest BCUT2D eigenvalue weighted by molar-refractivity contribution is 0.125. The number of benzene rings is 1. The number of nitrogens with one attached hydrogen (secondary N) is 1. The van der Waals surface area contributed by atoms with E-state index in [1.165, 1.54) is 18.2 Å². The van der Waals surface area contributed by atoms with Gasteiger partial charge in [0.05, 0.1) is 10.8 Å². The highest BCUT2D eigenvalue weighted by molar-refractivity contribution is 7.88. The SMILES string of the molecule is Cl.NC1CC2CCCC(C1)C2NS(=O)(=O)Cc1ccc(F)c(Cl)c1. The lowest BCUT2D eigenvalue weighted by atomic mass is 9.67. The Balaban J connectivity index is 0.00000208. The zero-order valence-electron chi connectivity index (χ0n) is 13.3. The number of nitrogens with two attached hydrogens (primary N) is 1. The molecule has 0 aliphatic heterocycles. The summed E-state index contributed by atoms with van der Waals surface area (Å²) in [7, 11) is -3.50. The quantitative estimate of drug-likeness (QED) is 0.820. The Morgan fingerprint density at radius 2 is 1.88 bits per heavy atom. The minimum Gasteiger partial charge on any atom is -0.328 e. The molecule has 2 atom stereocenters. The second-order valence-corrected chi connectivity index (χ2v) is 8.99. The van der Waals surface area contributed by atoms with Crippen LogP contribution in [0.15, 0.2) is 18.2 Å². The molecule has 136 valence electrons. The fourth-order valence-electron chi connectivity index (χ4n) is 4.08. The van der Waals surface area contributed by atoms with Crippen LogP contribution in [-0.4, -0.2) is 20.5 Å². The molecular weight excluding hydrogens is 374 g/mol. The van der Waals surface area contributed by atoms with Crippen molar-refractivity contribution in [2.45, 2.75) is 49.9 Å². The standard InChI is InChI=1S/C16H22ClFN2O2S.ClH/c17-14-6-10(4-5-15(14)18)9-23(21,22)20-16-11-2-1-3-12(16)8-13(19)7-11;/h4-6,11-13,16,20H,1-3,7-9,19H2;1H. The van der Waals surface area contributed by atoms with Crippen LogP contribution in [0.1, 0.15) is 37.7 Å². The largest absolute Gasteiger partial charge is 0.328 e. The predicted octanol–water partition coefficient (Wildman–Crippen LogP) is 3.23. The molecule has 1 aromatic rings. The fraction of sp³-hybridized carbons (Fsp3) is 0.625. The number of hydrogen-bond acceptors (Lipinski definition) is 3. The molecule has 0 aromatic heterocycles. The first-order valence-corrected chi connectivity index (χ1v) is 10.1. The lowest BCUT2D eigenvalue weighted by Gasteiger charge is -2.45. The molecule has 24 heavy (non-hydrogen) atoms. The first-order chi connectivity index (χ1) is 10.8. The summed E-state index contributed by atoms with van der Waals surface area (Å²) >= 11 is 5.72. The Bertz CT molecular complexity index is 673. The minimum atomic E-state index is -3.50. The first-order valence-electron chi connectivity index (χ1n) is 8.03. The van der Waals surface area contributed by atoms with Gasteiger partial charge in [0, 0.05) is 12.1 Å². The van der Waals surface area contributed by atoms with Gasteiger partial charge < -0.3 is 5.73 Å². The highest BCUT2D eigenvalue weighted by Gasteiger charge is 2.40. The van der Waals surface area contributed by atoms with E-state index in [0.29, 0.717) is 17.4 Å². The molecule has 2 fully saturated rings. The molecule has 0 spiro atoms. The summed E-state index contributed by atoms with van der Waals surface area (Å²) in [6, 6.07) is 4.18. The fourth-order valence-corrected chi connectivity index (χ4v) is 5.78. The summed E-state index contributed by atoms with van der Waals surface area (Å²) < 4.78 is 41.1. The predicted molar refractivity (Wildman–Crippen MR) is 96.2 cm³/mol. The smallest absolute Gasteiger partial charge is 0.216 e. The van der Waals surface area contributed by atoms with Gasteiger partial charge in [0.2, 0.25) is 10.0 Å². The molecular formula is C16H23Cl2FN2O2S. The van der Waals surface area contributed by atoms with E-state index in [9.17, 15) is 12.8 Å². The van der Waals surface area contributed by atoms with E-state index in [1.807, 2.05) is 0 Å². The van der Waals surface area contributed by atoms with Gasteiger partial charge in [-0.05, 0) is 55.2 Å². The van der Waals surface area contributed by atoms with Crippen LogP contribution < -0.4 is 10.5 Å². The average molecular weight is 397 g/mol. The van der Waals surface area contributed by atoms with Crippen LogP contribution in [0.3, 0.4) is 0 Å². The molecule has 3 rings (SSSR count). The highest BCUT2D eigenvalue weighted by atomic mass is 35.5. The van der Waals surface area contributed by atoms with Crippen LogP contribution in [0.5, 0.6) is 0 Å². The van der Waals surface area contributed by atoms with Gasteiger partial charge in [0.1, 0.15) is 5.82 Å². The van der Waals surface area contributed by atoms with Gasteiger partial charge in [-0.1, -0.05) is 24.1 Å². The van der Waals surface area contributed by atoms with Gasteiger partial charge in [-0.2, -0.15) is 0 Å². The Hall–Kier alpha value is -0.400. The Morgan fingerprint density at radius 3 is 2.46 bits per heavy atom. The Kier molecular flexibility index (Phi) is 6.53.